The van der Waals surface area contributed by atoms with Crippen LogP contribution in [0.15, 0.2) is 52.7 Å². The molecule has 0 fully saturated rings. The number of thiophene rings is 1. The first-order chi connectivity index (χ1) is 20.5. The number of carboxylic acids is 1. The number of fused-ring (bicyclic) bond motifs is 3. The number of carbonyl (C=O) groups is 1. The lowest BCUT2D eigenvalue weighted by molar-refractivity contribution is -0.137. The van der Waals surface area contributed by atoms with Gasteiger partial charge in [0.2, 0.25) is 0 Å². The first-order valence-corrected chi connectivity index (χ1v) is 16.4. The van der Waals surface area contributed by atoms with Crippen LogP contribution < -0.4 is 4.74 Å². The molecule has 3 aromatic carbocycles. The van der Waals surface area contributed by atoms with Crippen molar-refractivity contribution in [3.05, 3.63) is 80.9 Å². The first-order valence-electron chi connectivity index (χ1n) is 13.7. The van der Waals surface area contributed by atoms with Crippen molar-refractivity contribution < 1.29 is 28.1 Å². The van der Waals surface area contributed by atoms with Gasteiger partial charge in [-0.1, -0.05) is 35.9 Å². The SMILES string of the molecule is CC[C@@H]1CN(Cc2cc([C@@H](CC(=O)O)c3ccc4c(nnn4C)c3C)cc3ccsc23)S(O)(O)c2cc(Cl)c(F)cc2O1. The molecule has 0 amide bonds. The monoisotopic (exact) mass is 644 g/mol. The summed E-state index contributed by atoms with van der Waals surface area (Å²) in [5, 5.41) is 21.0. The first kappa shape index (κ1) is 29.8. The Morgan fingerprint density at radius 3 is 2.79 bits per heavy atom. The highest BCUT2D eigenvalue weighted by Gasteiger charge is 2.36. The van der Waals surface area contributed by atoms with Crippen LogP contribution in [-0.4, -0.2) is 52.1 Å². The largest absolute Gasteiger partial charge is 0.487 e. The van der Waals surface area contributed by atoms with Crippen molar-refractivity contribution in [2.45, 2.75) is 50.2 Å². The lowest BCUT2D eigenvalue weighted by Gasteiger charge is -2.42. The maximum atomic E-state index is 14.3. The van der Waals surface area contributed by atoms with E-state index in [-0.39, 0.29) is 35.2 Å². The van der Waals surface area contributed by atoms with Crippen LogP contribution in [0, 0.1) is 12.7 Å². The summed E-state index contributed by atoms with van der Waals surface area (Å²) in [4.78, 5) is 12.2. The van der Waals surface area contributed by atoms with E-state index in [1.165, 1.54) is 17.4 Å². The Kier molecular flexibility index (Phi) is 7.86. The van der Waals surface area contributed by atoms with Gasteiger partial charge in [-0.3, -0.25) is 13.9 Å². The Morgan fingerprint density at radius 2 is 2.05 bits per heavy atom. The Balaban J connectivity index is 1.47. The van der Waals surface area contributed by atoms with Crippen LogP contribution >= 0.6 is 33.7 Å². The van der Waals surface area contributed by atoms with Gasteiger partial charge in [0.05, 0.1) is 23.5 Å². The van der Waals surface area contributed by atoms with E-state index >= 15 is 0 Å². The minimum absolute atomic E-state index is 0.0325. The summed E-state index contributed by atoms with van der Waals surface area (Å²) >= 11 is 7.58. The minimum atomic E-state index is -3.63. The van der Waals surface area contributed by atoms with Gasteiger partial charge in [-0.25, -0.2) is 9.07 Å². The predicted molar refractivity (Wildman–Crippen MR) is 167 cm³/mol. The highest BCUT2D eigenvalue weighted by molar-refractivity contribution is 8.22. The van der Waals surface area contributed by atoms with E-state index in [4.69, 9.17) is 16.3 Å². The standard InChI is InChI=1S/C30H30ClFN4O5S2/c1-4-20-15-36(43(39,40)27-12-23(31)24(32)13-26(27)41-20)14-19-10-18(9-17-7-8-42-30(17)19)22(11-28(37)38)21-5-6-25-29(16(21)2)33-34-35(25)3/h5-10,12-13,20,22,39-40H,4,11,14-15H2,1-3H3,(H,37,38)/t20-,22-/m1/s1. The second-order valence-electron chi connectivity index (χ2n) is 10.7. The molecule has 5 aromatic rings. The lowest BCUT2D eigenvalue weighted by atomic mass is 9.84. The molecule has 1 aliphatic heterocycles. The second kappa shape index (κ2) is 11.3. The highest BCUT2D eigenvalue weighted by Crippen LogP contribution is 2.58. The summed E-state index contributed by atoms with van der Waals surface area (Å²) in [6.07, 6.45) is -0.0326. The van der Waals surface area contributed by atoms with E-state index in [0.717, 1.165) is 43.9 Å². The molecule has 3 heterocycles. The highest BCUT2D eigenvalue weighted by atomic mass is 35.5. The number of aliphatic carboxylic acids is 1. The molecule has 0 radical (unpaired) electrons. The molecule has 3 N–H and O–H groups in total. The predicted octanol–water partition coefficient (Wildman–Crippen LogP) is 7.59. The normalized spacial score (nSPS) is 18.3. The van der Waals surface area contributed by atoms with E-state index in [1.54, 1.807) is 8.99 Å². The van der Waals surface area contributed by atoms with Crippen molar-refractivity contribution in [2.75, 3.05) is 6.54 Å². The zero-order valence-electron chi connectivity index (χ0n) is 23.6. The smallest absolute Gasteiger partial charge is 0.304 e. The van der Waals surface area contributed by atoms with Gasteiger partial charge in [-0.2, -0.15) is 4.31 Å². The van der Waals surface area contributed by atoms with Crippen LogP contribution in [0.3, 0.4) is 0 Å². The molecule has 0 bridgehead atoms. The van der Waals surface area contributed by atoms with Crippen molar-refractivity contribution in [2.24, 2.45) is 7.05 Å². The number of halogens is 2. The molecule has 2 atom stereocenters. The zero-order chi connectivity index (χ0) is 30.6. The van der Waals surface area contributed by atoms with Crippen molar-refractivity contribution >= 4 is 60.8 Å². The van der Waals surface area contributed by atoms with Crippen LogP contribution in [0.2, 0.25) is 5.02 Å². The van der Waals surface area contributed by atoms with Gasteiger partial charge < -0.3 is 9.84 Å². The van der Waals surface area contributed by atoms with E-state index in [1.807, 2.05) is 56.6 Å². The molecule has 1 aliphatic rings. The van der Waals surface area contributed by atoms with Crippen LogP contribution in [0.4, 0.5) is 4.39 Å². The number of hydrogen-bond donors (Lipinski definition) is 3. The number of aromatic nitrogens is 3. The molecule has 0 spiro atoms. The summed E-state index contributed by atoms with van der Waals surface area (Å²) < 4.78 is 47.8. The van der Waals surface area contributed by atoms with Crippen molar-refractivity contribution in [1.29, 1.82) is 0 Å². The molecule has 226 valence electrons. The minimum Gasteiger partial charge on any atom is -0.487 e. The fraction of sp³-hybridized carbons (Fsp3) is 0.300. The molecule has 13 heteroatoms. The molecule has 0 saturated carbocycles. The van der Waals surface area contributed by atoms with E-state index in [0.29, 0.717) is 11.9 Å². The fourth-order valence-corrected chi connectivity index (χ4v) is 8.51. The van der Waals surface area contributed by atoms with Crippen molar-refractivity contribution in [3.8, 4) is 5.75 Å². The van der Waals surface area contributed by atoms with Gasteiger partial charge in [-0.05, 0) is 70.6 Å². The molecule has 0 aliphatic carbocycles. The van der Waals surface area contributed by atoms with Crippen LogP contribution in [-0.2, 0) is 18.4 Å². The summed E-state index contributed by atoms with van der Waals surface area (Å²) in [6, 6.07) is 12.1. The zero-order valence-corrected chi connectivity index (χ0v) is 26.0. The molecule has 43 heavy (non-hydrogen) atoms. The van der Waals surface area contributed by atoms with Crippen molar-refractivity contribution in [3.63, 3.8) is 0 Å². The third kappa shape index (κ3) is 5.36. The Bertz CT molecular complexity index is 1880. The number of ether oxygens (including phenoxy) is 1. The van der Waals surface area contributed by atoms with Crippen LogP contribution in [0.25, 0.3) is 21.1 Å². The molecule has 6 rings (SSSR count). The van der Waals surface area contributed by atoms with Gasteiger partial charge in [0.1, 0.15) is 28.1 Å². The number of aryl methyl sites for hydroxylation is 2. The quantitative estimate of drug-likeness (QED) is 0.166. The van der Waals surface area contributed by atoms with E-state index < -0.39 is 34.6 Å². The van der Waals surface area contributed by atoms with Gasteiger partial charge in [-0.15, -0.1) is 27.2 Å². The lowest BCUT2D eigenvalue weighted by Crippen LogP contribution is -2.34. The summed E-state index contributed by atoms with van der Waals surface area (Å²) in [6.45, 7) is 4.14. The molecule has 0 saturated heterocycles. The Hall–Kier alpha value is -3.26. The van der Waals surface area contributed by atoms with Crippen molar-refractivity contribution in [1.82, 2.24) is 19.3 Å². The average Bonchev–Trinajstić information content (AvgIpc) is 3.57. The maximum absolute atomic E-state index is 14.3. The second-order valence-corrected chi connectivity index (χ2v) is 14.0. The Labute approximate surface area is 257 Å². The summed E-state index contributed by atoms with van der Waals surface area (Å²) in [7, 11) is -1.82. The number of benzene rings is 3. The molecular formula is C30H30ClFN4O5S2. The van der Waals surface area contributed by atoms with Gasteiger partial charge in [0.25, 0.3) is 0 Å². The van der Waals surface area contributed by atoms with Gasteiger partial charge >= 0.3 is 5.97 Å². The number of nitrogens with zero attached hydrogens (tertiary/aromatic N) is 4. The van der Waals surface area contributed by atoms with Gasteiger partial charge in [0.15, 0.2) is 0 Å². The van der Waals surface area contributed by atoms with E-state index in [9.17, 15) is 23.4 Å². The Morgan fingerprint density at radius 1 is 1.26 bits per heavy atom. The van der Waals surface area contributed by atoms with Crippen LogP contribution in [0.5, 0.6) is 5.75 Å². The molecule has 0 unspecified atom stereocenters. The van der Waals surface area contributed by atoms with E-state index in [2.05, 4.69) is 10.3 Å². The summed E-state index contributed by atoms with van der Waals surface area (Å²) in [5.74, 6) is -2.08. The van der Waals surface area contributed by atoms with Crippen LogP contribution in [0.1, 0.15) is 47.9 Å². The number of carboxylic acid groups (broad SMARTS) is 1. The fourth-order valence-electron chi connectivity index (χ4n) is 5.77. The van der Waals surface area contributed by atoms with Gasteiger partial charge in [0, 0.05) is 30.3 Å². The molecular weight excluding hydrogens is 615 g/mol. The molecule has 2 aromatic heterocycles. The topological polar surface area (TPSA) is 121 Å². The summed E-state index contributed by atoms with van der Waals surface area (Å²) in [5.41, 5.74) is 4.85. The third-order valence-corrected chi connectivity index (χ3v) is 11.2. The maximum Gasteiger partial charge on any atom is 0.304 e. The third-order valence-electron chi connectivity index (χ3n) is 8.03. The number of rotatable bonds is 7. The number of hydrogen-bond acceptors (Lipinski definition) is 8. The average molecular weight is 645 g/mol. The molecule has 9 nitrogen and oxygen atoms in total.